The minimum Gasteiger partial charge on any atom is -0.543 e. The fourth-order valence-corrected chi connectivity index (χ4v) is 0.323. The minimum atomic E-state index is -4.72. The number of hydrazine groups is 1. The van der Waals surface area contributed by atoms with Crippen molar-refractivity contribution in [1.82, 2.24) is 5.43 Å². The first-order valence-corrected chi connectivity index (χ1v) is 2.34. The Morgan fingerprint density at radius 3 is 2.09 bits per heavy atom. The van der Waals surface area contributed by atoms with Crippen molar-refractivity contribution in [1.29, 1.82) is 0 Å². The molecule has 0 spiro atoms. The quantitative estimate of drug-likeness (QED) is 0.304. The van der Waals surface area contributed by atoms with Crippen molar-refractivity contribution in [3.05, 3.63) is 11.8 Å². The van der Waals surface area contributed by atoms with Gasteiger partial charge < -0.3 is 15.3 Å². The van der Waals surface area contributed by atoms with Gasteiger partial charge in [-0.1, -0.05) is 0 Å². The number of nitrogens with one attached hydrogen (secondary N) is 1. The number of aliphatic carboxylic acids is 1. The lowest BCUT2D eigenvalue weighted by atomic mass is 10.4. The van der Waals surface area contributed by atoms with Gasteiger partial charge in [0.1, 0.15) is 0 Å². The molecule has 0 bridgehead atoms. The van der Waals surface area contributed by atoms with Crippen LogP contribution in [0.25, 0.3) is 0 Å². The van der Waals surface area contributed by atoms with Gasteiger partial charge in [0.25, 0.3) is 0 Å². The zero-order valence-corrected chi connectivity index (χ0v) is 5.11. The molecule has 64 valence electrons. The van der Waals surface area contributed by atoms with Crippen LogP contribution in [0.3, 0.4) is 0 Å². The first kappa shape index (κ1) is 9.76. The van der Waals surface area contributed by atoms with Crippen molar-refractivity contribution in [3.63, 3.8) is 0 Å². The molecule has 0 aromatic rings. The molecule has 4 nitrogen and oxygen atoms in total. The van der Waals surface area contributed by atoms with Gasteiger partial charge in [0.15, 0.2) is 0 Å². The van der Waals surface area contributed by atoms with E-state index in [4.69, 9.17) is 0 Å². The Labute approximate surface area is 59.5 Å². The van der Waals surface area contributed by atoms with Crippen LogP contribution >= 0.6 is 0 Å². The third kappa shape index (κ3) is 4.20. The lowest BCUT2D eigenvalue weighted by molar-refractivity contribution is -0.300. The molecule has 11 heavy (non-hydrogen) atoms. The van der Waals surface area contributed by atoms with Gasteiger partial charge >= 0.3 is 6.18 Å². The monoisotopic (exact) mass is 169 g/mol. The highest BCUT2D eigenvalue weighted by atomic mass is 19.4. The second kappa shape index (κ2) is 3.24. The van der Waals surface area contributed by atoms with E-state index in [1.54, 1.807) is 0 Å². The van der Waals surface area contributed by atoms with Crippen molar-refractivity contribution in [2.24, 2.45) is 5.84 Å². The predicted molar refractivity (Wildman–Crippen MR) is 26.5 cm³/mol. The zero-order valence-electron chi connectivity index (χ0n) is 5.11. The van der Waals surface area contributed by atoms with Crippen molar-refractivity contribution < 1.29 is 23.1 Å². The highest BCUT2D eigenvalue weighted by Gasteiger charge is 2.24. The molecule has 0 radical (unpaired) electrons. The number of carbonyl (C=O) groups is 1. The van der Waals surface area contributed by atoms with Gasteiger partial charge in [0.2, 0.25) is 0 Å². The first-order chi connectivity index (χ1) is 4.87. The SMILES string of the molecule is NN/C(=C\C(F)(F)F)C(=O)[O-]. The van der Waals surface area contributed by atoms with Crippen molar-refractivity contribution in [2.45, 2.75) is 6.18 Å². The summed E-state index contributed by atoms with van der Waals surface area (Å²) in [7, 11) is 0. The van der Waals surface area contributed by atoms with Gasteiger partial charge in [-0.05, 0) is 0 Å². The smallest absolute Gasteiger partial charge is 0.411 e. The Kier molecular flexibility index (Phi) is 2.87. The number of alkyl halides is 3. The Hall–Kier alpha value is -1.24. The summed E-state index contributed by atoms with van der Waals surface area (Å²) in [5, 5.41) is 9.79. The zero-order chi connectivity index (χ0) is 9.07. The highest BCUT2D eigenvalue weighted by molar-refractivity contribution is 5.83. The number of carboxylic acids is 1. The average molecular weight is 169 g/mol. The van der Waals surface area contributed by atoms with Gasteiger partial charge in [-0.25, -0.2) is 0 Å². The summed E-state index contributed by atoms with van der Waals surface area (Å²) < 4.78 is 34.2. The molecule has 3 N–H and O–H groups in total. The number of rotatable bonds is 2. The number of carbonyl (C=O) groups excluding carboxylic acids is 1. The Morgan fingerprint density at radius 1 is 1.55 bits per heavy atom. The summed E-state index contributed by atoms with van der Waals surface area (Å²) in [6, 6.07) is 0. The third-order valence-electron chi connectivity index (χ3n) is 0.683. The maximum absolute atomic E-state index is 11.4. The van der Waals surface area contributed by atoms with Crippen LogP contribution in [-0.4, -0.2) is 12.1 Å². The van der Waals surface area contributed by atoms with Crippen molar-refractivity contribution >= 4 is 5.97 Å². The molecule has 0 amide bonds. The standard InChI is InChI=1S/C4H5F3N2O2/c5-4(6,7)1-2(9-8)3(10)11/h1,9H,8H2,(H,10,11)/p-1/b2-1-. The topological polar surface area (TPSA) is 78.2 Å². The van der Waals surface area contributed by atoms with E-state index in [9.17, 15) is 23.1 Å². The number of carboxylic acid groups (broad SMARTS) is 1. The van der Waals surface area contributed by atoms with Gasteiger partial charge in [0, 0.05) is 6.08 Å². The highest BCUT2D eigenvalue weighted by Crippen LogP contribution is 2.17. The lowest BCUT2D eigenvalue weighted by Gasteiger charge is -2.08. The van der Waals surface area contributed by atoms with Crippen LogP contribution in [0.5, 0.6) is 0 Å². The molecule has 0 fully saturated rings. The Morgan fingerprint density at radius 2 is 2.00 bits per heavy atom. The summed E-state index contributed by atoms with van der Waals surface area (Å²) >= 11 is 0. The van der Waals surface area contributed by atoms with Crippen LogP contribution in [0.15, 0.2) is 11.8 Å². The molecule has 0 aromatic heterocycles. The van der Waals surface area contributed by atoms with E-state index in [2.05, 4.69) is 5.84 Å². The molecule has 0 saturated heterocycles. The molecule has 0 saturated carbocycles. The van der Waals surface area contributed by atoms with Crippen LogP contribution in [0.2, 0.25) is 0 Å². The first-order valence-electron chi connectivity index (χ1n) is 2.34. The van der Waals surface area contributed by atoms with Crippen molar-refractivity contribution in [2.75, 3.05) is 0 Å². The largest absolute Gasteiger partial charge is 0.543 e. The maximum atomic E-state index is 11.4. The number of nitrogens with two attached hydrogens (primary N) is 1. The molecule has 0 heterocycles. The van der Waals surface area contributed by atoms with Gasteiger partial charge in [-0.3, -0.25) is 5.84 Å². The molecule has 0 aliphatic rings. The van der Waals surface area contributed by atoms with Crippen LogP contribution in [0.4, 0.5) is 13.2 Å². The molecular formula is C4H4F3N2O2-. The van der Waals surface area contributed by atoms with E-state index in [0.717, 1.165) is 0 Å². The van der Waals surface area contributed by atoms with Crippen LogP contribution in [0, 0.1) is 0 Å². The fourth-order valence-electron chi connectivity index (χ4n) is 0.323. The van der Waals surface area contributed by atoms with E-state index >= 15 is 0 Å². The summed E-state index contributed by atoms with van der Waals surface area (Å²) in [6.45, 7) is 0. The minimum absolute atomic E-state index is 0.498. The predicted octanol–water partition coefficient (Wildman–Crippen LogP) is -1.35. The Bertz CT molecular complexity index is 186. The third-order valence-corrected chi connectivity index (χ3v) is 0.683. The fraction of sp³-hybridized carbons (Fsp3) is 0.250. The van der Waals surface area contributed by atoms with E-state index in [-0.39, 0.29) is 0 Å². The van der Waals surface area contributed by atoms with Crippen LogP contribution in [-0.2, 0) is 4.79 Å². The molecule has 7 heteroatoms. The van der Waals surface area contributed by atoms with E-state index < -0.39 is 23.9 Å². The molecule has 0 aliphatic carbocycles. The Balaban J connectivity index is 4.49. The number of hydrogen-bond acceptors (Lipinski definition) is 4. The molecule has 0 atom stereocenters. The summed E-state index contributed by atoms with van der Waals surface area (Å²) in [4.78, 5) is 9.79. The van der Waals surface area contributed by atoms with Crippen LogP contribution in [0.1, 0.15) is 0 Å². The van der Waals surface area contributed by atoms with E-state index in [0.29, 0.717) is 0 Å². The normalized spacial score (nSPS) is 12.9. The lowest BCUT2D eigenvalue weighted by Crippen LogP contribution is -2.36. The van der Waals surface area contributed by atoms with Gasteiger partial charge in [-0.15, -0.1) is 0 Å². The average Bonchev–Trinajstić information content (AvgIpc) is 1.80. The molecular weight excluding hydrogens is 165 g/mol. The molecule has 0 aliphatic heterocycles. The second-order valence-electron chi connectivity index (χ2n) is 1.53. The summed E-state index contributed by atoms with van der Waals surface area (Å²) in [5.41, 5.74) is 0.126. The van der Waals surface area contributed by atoms with E-state index in [1.165, 1.54) is 5.43 Å². The molecule has 0 unspecified atom stereocenters. The van der Waals surface area contributed by atoms with Gasteiger partial charge in [-0.2, -0.15) is 13.2 Å². The summed E-state index contributed by atoms with van der Waals surface area (Å²) in [5.74, 6) is 2.43. The van der Waals surface area contributed by atoms with E-state index in [1.807, 2.05) is 0 Å². The number of allylic oxidation sites excluding steroid dienone is 1. The maximum Gasteiger partial charge on any atom is 0.411 e. The second-order valence-corrected chi connectivity index (χ2v) is 1.53. The van der Waals surface area contributed by atoms with Gasteiger partial charge in [0.05, 0.1) is 11.7 Å². The summed E-state index contributed by atoms with van der Waals surface area (Å²) in [6.07, 6.45) is -5.22. The van der Waals surface area contributed by atoms with Crippen molar-refractivity contribution in [3.8, 4) is 0 Å². The van der Waals surface area contributed by atoms with Crippen LogP contribution < -0.4 is 16.4 Å². The number of hydrogen-bond donors (Lipinski definition) is 2. The molecule has 0 aromatic carbocycles. The molecule has 0 rings (SSSR count). The number of halogens is 3.